The van der Waals surface area contributed by atoms with Gasteiger partial charge in [-0.05, 0) is 42.3 Å². The molecule has 0 radical (unpaired) electrons. The van der Waals surface area contributed by atoms with Crippen LogP contribution >= 0.6 is 23.2 Å². The molecule has 0 heterocycles. The molecule has 0 saturated carbocycles. The van der Waals surface area contributed by atoms with Gasteiger partial charge in [-0.1, -0.05) is 42.3 Å². The molecular formula is C19H19Cl2NO4. The van der Waals surface area contributed by atoms with E-state index in [9.17, 15) is 14.7 Å². The van der Waals surface area contributed by atoms with Gasteiger partial charge in [0.1, 0.15) is 5.75 Å². The molecule has 0 aliphatic heterocycles. The lowest BCUT2D eigenvalue weighted by Gasteiger charge is -2.18. The minimum atomic E-state index is -1.03. The third-order valence-corrected chi connectivity index (χ3v) is 4.18. The van der Waals surface area contributed by atoms with Crippen molar-refractivity contribution in [1.82, 2.24) is 5.32 Å². The predicted molar refractivity (Wildman–Crippen MR) is 101 cm³/mol. The number of benzene rings is 2. The summed E-state index contributed by atoms with van der Waals surface area (Å²) in [6.07, 6.45) is 0.624. The molecule has 0 bridgehead atoms. The SMILES string of the molecule is CCCOc1ccc([C@H](CC(=O)O)NC(=O)c2cc(Cl)ccc2Cl)cc1. The number of carbonyl (C=O) groups excluding carboxylic acids is 1. The van der Waals surface area contributed by atoms with Crippen molar-refractivity contribution in [3.8, 4) is 5.75 Å². The van der Waals surface area contributed by atoms with Crippen molar-refractivity contribution in [1.29, 1.82) is 0 Å². The number of hydrogen-bond donors (Lipinski definition) is 2. The highest BCUT2D eigenvalue weighted by molar-refractivity contribution is 6.35. The van der Waals surface area contributed by atoms with Gasteiger partial charge in [-0.3, -0.25) is 9.59 Å². The van der Waals surface area contributed by atoms with Gasteiger partial charge in [0.15, 0.2) is 0 Å². The smallest absolute Gasteiger partial charge is 0.305 e. The highest BCUT2D eigenvalue weighted by atomic mass is 35.5. The maximum Gasteiger partial charge on any atom is 0.305 e. The van der Waals surface area contributed by atoms with Gasteiger partial charge in [0.2, 0.25) is 0 Å². The molecule has 2 rings (SSSR count). The van der Waals surface area contributed by atoms with E-state index in [2.05, 4.69) is 5.32 Å². The molecule has 0 aliphatic carbocycles. The molecule has 138 valence electrons. The normalized spacial score (nSPS) is 11.7. The lowest BCUT2D eigenvalue weighted by molar-refractivity contribution is -0.137. The van der Waals surface area contributed by atoms with Crippen molar-refractivity contribution in [3.63, 3.8) is 0 Å². The quantitative estimate of drug-likeness (QED) is 0.677. The van der Waals surface area contributed by atoms with Crippen LogP contribution in [0.25, 0.3) is 0 Å². The zero-order valence-corrected chi connectivity index (χ0v) is 15.7. The molecular weight excluding hydrogens is 377 g/mol. The largest absolute Gasteiger partial charge is 0.494 e. The average molecular weight is 396 g/mol. The zero-order chi connectivity index (χ0) is 19.1. The minimum absolute atomic E-state index is 0.192. The third-order valence-electron chi connectivity index (χ3n) is 3.61. The van der Waals surface area contributed by atoms with Crippen LogP contribution in [0.5, 0.6) is 5.75 Å². The number of aliphatic carboxylic acids is 1. The van der Waals surface area contributed by atoms with E-state index in [1.807, 2.05) is 6.92 Å². The standard InChI is InChI=1S/C19H19Cl2NO4/c1-2-9-26-14-6-3-12(4-7-14)17(11-18(23)24)22-19(25)15-10-13(20)5-8-16(15)21/h3-8,10,17H,2,9,11H2,1H3,(H,22,25)(H,23,24)/t17-/m0/s1. The fourth-order valence-corrected chi connectivity index (χ4v) is 2.73. The Kier molecular flexibility index (Phi) is 7.30. The fraction of sp³-hybridized carbons (Fsp3) is 0.263. The summed E-state index contributed by atoms with van der Waals surface area (Å²) in [6, 6.07) is 10.8. The number of rotatable bonds is 8. The number of amides is 1. The second-order valence-electron chi connectivity index (χ2n) is 5.67. The van der Waals surface area contributed by atoms with Crippen LogP contribution in [0.1, 0.15) is 41.7 Å². The first-order valence-electron chi connectivity index (χ1n) is 8.11. The molecule has 2 aromatic rings. The summed E-state index contributed by atoms with van der Waals surface area (Å²) >= 11 is 12.0. The molecule has 2 N–H and O–H groups in total. The lowest BCUT2D eigenvalue weighted by Crippen LogP contribution is -2.30. The number of carboxylic acids is 1. The van der Waals surface area contributed by atoms with Crippen molar-refractivity contribution in [2.45, 2.75) is 25.8 Å². The molecule has 0 aromatic heterocycles. The van der Waals surface area contributed by atoms with Gasteiger partial charge in [-0.2, -0.15) is 0 Å². The molecule has 26 heavy (non-hydrogen) atoms. The number of nitrogens with one attached hydrogen (secondary N) is 1. The first-order valence-corrected chi connectivity index (χ1v) is 8.86. The number of ether oxygens (including phenoxy) is 1. The Morgan fingerprint density at radius 2 is 1.85 bits per heavy atom. The Morgan fingerprint density at radius 1 is 1.15 bits per heavy atom. The van der Waals surface area contributed by atoms with Gasteiger partial charge < -0.3 is 15.2 Å². The second-order valence-corrected chi connectivity index (χ2v) is 6.51. The zero-order valence-electron chi connectivity index (χ0n) is 14.2. The summed E-state index contributed by atoms with van der Waals surface area (Å²) in [5.41, 5.74) is 0.847. The molecule has 1 amide bonds. The number of carbonyl (C=O) groups is 2. The molecule has 0 spiro atoms. The Balaban J connectivity index is 2.20. The van der Waals surface area contributed by atoms with Gasteiger partial charge in [0, 0.05) is 5.02 Å². The van der Waals surface area contributed by atoms with E-state index in [0.717, 1.165) is 6.42 Å². The van der Waals surface area contributed by atoms with Crippen LogP contribution in [-0.4, -0.2) is 23.6 Å². The van der Waals surface area contributed by atoms with Gasteiger partial charge >= 0.3 is 5.97 Å². The molecule has 0 fully saturated rings. The summed E-state index contributed by atoms with van der Waals surface area (Å²) < 4.78 is 5.51. The van der Waals surface area contributed by atoms with E-state index >= 15 is 0 Å². The molecule has 0 aliphatic rings. The summed E-state index contributed by atoms with van der Waals surface area (Å²) in [5, 5.41) is 12.5. The van der Waals surface area contributed by atoms with Crippen molar-refractivity contribution in [3.05, 3.63) is 63.6 Å². The van der Waals surface area contributed by atoms with E-state index in [1.54, 1.807) is 30.3 Å². The van der Waals surface area contributed by atoms with E-state index in [0.29, 0.717) is 22.9 Å². The first-order chi connectivity index (χ1) is 12.4. The Bertz CT molecular complexity index is 778. The van der Waals surface area contributed by atoms with Crippen molar-refractivity contribution >= 4 is 35.1 Å². The molecule has 2 aromatic carbocycles. The number of halogens is 2. The van der Waals surface area contributed by atoms with Crippen LogP contribution in [0, 0.1) is 0 Å². The molecule has 5 nitrogen and oxygen atoms in total. The van der Waals surface area contributed by atoms with Gasteiger partial charge in [0.05, 0.1) is 29.7 Å². The summed E-state index contributed by atoms with van der Waals surface area (Å²) in [6.45, 7) is 2.61. The topological polar surface area (TPSA) is 75.6 Å². The molecule has 7 heteroatoms. The van der Waals surface area contributed by atoms with Crippen LogP contribution in [0.3, 0.4) is 0 Å². The maximum absolute atomic E-state index is 12.5. The molecule has 0 saturated heterocycles. The van der Waals surface area contributed by atoms with Gasteiger partial charge in [0.25, 0.3) is 5.91 Å². The van der Waals surface area contributed by atoms with Crippen LogP contribution in [0.4, 0.5) is 0 Å². The van der Waals surface area contributed by atoms with E-state index < -0.39 is 17.9 Å². The lowest BCUT2D eigenvalue weighted by atomic mass is 10.0. The predicted octanol–water partition coefficient (Wildman–Crippen LogP) is 4.73. The van der Waals surface area contributed by atoms with E-state index in [4.69, 9.17) is 27.9 Å². The van der Waals surface area contributed by atoms with Gasteiger partial charge in [-0.25, -0.2) is 0 Å². The fourth-order valence-electron chi connectivity index (χ4n) is 2.35. The van der Waals surface area contributed by atoms with E-state index in [-0.39, 0.29) is 17.0 Å². The van der Waals surface area contributed by atoms with Crippen LogP contribution in [0.15, 0.2) is 42.5 Å². The van der Waals surface area contributed by atoms with Gasteiger partial charge in [-0.15, -0.1) is 0 Å². The van der Waals surface area contributed by atoms with E-state index in [1.165, 1.54) is 12.1 Å². The second kappa shape index (κ2) is 9.46. The summed E-state index contributed by atoms with van der Waals surface area (Å²) in [4.78, 5) is 23.7. The van der Waals surface area contributed by atoms with Crippen LogP contribution in [0.2, 0.25) is 10.0 Å². The minimum Gasteiger partial charge on any atom is -0.494 e. The van der Waals surface area contributed by atoms with Crippen LogP contribution < -0.4 is 10.1 Å². The monoisotopic (exact) mass is 395 g/mol. The summed E-state index contributed by atoms with van der Waals surface area (Å²) in [5.74, 6) is -0.831. The highest BCUT2D eigenvalue weighted by Crippen LogP contribution is 2.24. The number of hydrogen-bond acceptors (Lipinski definition) is 3. The Labute approximate surface area is 161 Å². The number of carboxylic acid groups (broad SMARTS) is 1. The Hall–Kier alpha value is -2.24. The van der Waals surface area contributed by atoms with Crippen molar-refractivity contribution < 1.29 is 19.4 Å². The third kappa shape index (κ3) is 5.64. The van der Waals surface area contributed by atoms with Crippen LogP contribution in [-0.2, 0) is 4.79 Å². The highest BCUT2D eigenvalue weighted by Gasteiger charge is 2.20. The first kappa shape index (κ1) is 20.1. The maximum atomic E-state index is 12.5. The molecule has 1 atom stereocenters. The van der Waals surface area contributed by atoms with Crippen molar-refractivity contribution in [2.24, 2.45) is 0 Å². The van der Waals surface area contributed by atoms with Crippen molar-refractivity contribution in [2.75, 3.05) is 6.61 Å². The molecule has 0 unspecified atom stereocenters. The summed E-state index contributed by atoms with van der Waals surface area (Å²) in [7, 11) is 0. The Morgan fingerprint density at radius 3 is 2.46 bits per heavy atom. The average Bonchev–Trinajstić information content (AvgIpc) is 2.61.